The largest absolute Gasteiger partial charge is 0.381 e. The van der Waals surface area contributed by atoms with Crippen LogP contribution in [0.3, 0.4) is 0 Å². The van der Waals surface area contributed by atoms with Crippen LogP contribution in [-0.4, -0.2) is 57.5 Å². The van der Waals surface area contributed by atoms with Crippen molar-refractivity contribution in [3.8, 4) is 11.4 Å². The Hall–Kier alpha value is -3.86. The number of amides is 1. The molecule has 0 aliphatic carbocycles. The standard InChI is InChI=1S/C29H29N7O2S/c1-35(2)16-21-18(17-7-10-38-11-8-17)3-5-25(34-21)33-20-14-31-28(19-13-32-29(37)27(19)20)23-15-30-26-6-4-24-22(36(23)26)9-12-39-24/h3-6,9,12,14-15,17H,7-8,10-11,13,16H2,1-2H3,(H,32,37)(H,33,34). The predicted octanol–water partition coefficient (Wildman–Crippen LogP) is 4.95. The monoisotopic (exact) mass is 539 g/mol. The topological polar surface area (TPSA) is 96.7 Å². The molecule has 10 heteroatoms. The third kappa shape index (κ3) is 4.25. The zero-order valence-corrected chi connectivity index (χ0v) is 22.7. The van der Waals surface area contributed by atoms with Gasteiger partial charge < -0.3 is 20.3 Å². The van der Waals surface area contributed by atoms with Crippen molar-refractivity contribution in [1.29, 1.82) is 0 Å². The summed E-state index contributed by atoms with van der Waals surface area (Å²) in [7, 11) is 4.11. The molecule has 198 valence electrons. The summed E-state index contributed by atoms with van der Waals surface area (Å²) in [6, 6.07) is 10.4. The molecule has 39 heavy (non-hydrogen) atoms. The lowest BCUT2D eigenvalue weighted by Gasteiger charge is -2.25. The average molecular weight is 540 g/mol. The van der Waals surface area contributed by atoms with Crippen LogP contribution < -0.4 is 10.6 Å². The summed E-state index contributed by atoms with van der Waals surface area (Å²) < 4.78 is 8.88. The first kappa shape index (κ1) is 24.2. The number of imidazole rings is 1. The Labute approximate surface area is 229 Å². The van der Waals surface area contributed by atoms with Gasteiger partial charge in [-0.1, -0.05) is 6.07 Å². The van der Waals surface area contributed by atoms with Gasteiger partial charge in [-0.05, 0) is 68.1 Å². The maximum Gasteiger partial charge on any atom is 0.254 e. The molecule has 5 aromatic heterocycles. The van der Waals surface area contributed by atoms with Gasteiger partial charge in [-0.15, -0.1) is 11.3 Å². The molecule has 1 amide bonds. The molecule has 0 atom stereocenters. The van der Waals surface area contributed by atoms with Crippen LogP contribution in [0.5, 0.6) is 0 Å². The number of pyridine rings is 3. The number of nitrogens with zero attached hydrogens (tertiary/aromatic N) is 5. The molecule has 0 saturated carbocycles. The second-order valence-corrected chi connectivity index (χ2v) is 11.3. The van der Waals surface area contributed by atoms with Crippen molar-refractivity contribution in [3.05, 3.63) is 70.5 Å². The van der Waals surface area contributed by atoms with Gasteiger partial charge in [-0.2, -0.15) is 0 Å². The van der Waals surface area contributed by atoms with Crippen molar-refractivity contribution in [2.75, 3.05) is 32.6 Å². The number of hydrogen-bond acceptors (Lipinski definition) is 8. The Kier molecular flexibility index (Phi) is 6.03. The molecule has 2 aliphatic rings. The first-order valence-electron chi connectivity index (χ1n) is 13.2. The Balaban J connectivity index is 1.28. The third-order valence-corrected chi connectivity index (χ3v) is 8.43. The maximum atomic E-state index is 13.1. The van der Waals surface area contributed by atoms with Crippen molar-refractivity contribution >= 4 is 44.6 Å². The summed E-state index contributed by atoms with van der Waals surface area (Å²) in [4.78, 5) is 29.7. The highest BCUT2D eigenvalue weighted by atomic mass is 32.1. The smallest absolute Gasteiger partial charge is 0.254 e. The van der Waals surface area contributed by atoms with Crippen LogP contribution in [0.1, 0.15) is 45.9 Å². The van der Waals surface area contributed by atoms with E-state index >= 15 is 0 Å². The molecule has 7 rings (SSSR count). The molecule has 2 N–H and O–H groups in total. The minimum absolute atomic E-state index is 0.113. The number of rotatable bonds is 6. The van der Waals surface area contributed by atoms with Crippen LogP contribution in [0.2, 0.25) is 0 Å². The third-order valence-electron chi connectivity index (χ3n) is 7.56. The minimum atomic E-state index is -0.113. The Morgan fingerprint density at radius 2 is 2.00 bits per heavy atom. The number of hydrogen-bond donors (Lipinski definition) is 2. The quantitative estimate of drug-likeness (QED) is 0.315. The van der Waals surface area contributed by atoms with E-state index in [9.17, 15) is 4.79 Å². The lowest BCUT2D eigenvalue weighted by molar-refractivity contribution is 0.0849. The second-order valence-electron chi connectivity index (χ2n) is 10.4. The van der Waals surface area contributed by atoms with Gasteiger partial charge in [0.1, 0.15) is 11.5 Å². The number of aromatic nitrogens is 4. The summed E-state index contributed by atoms with van der Waals surface area (Å²) in [6.45, 7) is 2.73. The van der Waals surface area contributed by atoms with Gasteiger partial charge in [0.25, 0.3) is 5.91 Å². The SMILES string of the molecule is CN(C)Cc1nc(Nc2cnc(-c3cnc4ccc5sccc5n34)c3c2C(=O)NC3)ccc1C1CCOCC1. The van der Waals surface area contributed by atoms with E-state index in [1.807, 2.05) is 18.3 Å². The number of ether oxygens (including phenoxy) is 1. The molecular formula is C29H29N7O2S. The number of fused-ring (bicyclic) bond motifs is 4. The highest BCUT2D eigenvalue weighted by Gasteiger charge is 2.29. The fraction of sp³-hybridized carbons (Fsp3) is 0.310. The lowest BCUT2D eigenvalue weighted by atomic mass is 9.90. The Morgan fingerprint density at radius 1 is 1.13 bits per heavy atom. The van der Waals surface area contributed by atoms with Crippen LogP contribution in [0.15, 0.2) is 48.1 Å². The molecule has 2 aliphatic heterocycles. The number of anilines is 2. The van der Waals surface area contributed by atoms with Crippen molar-refractivity contribution in [2.45, 2.75) is 31.8 Å². The highest BCUT2D eigenvalue weighted by Crippen LogP contribution is 2.36. The molecule has 0 bridgehead atoms. The molecule has 0 unspecified atom stereocenters. The zero-order valence-electron chi connectivity index (χ0n) is 21.9. The van der Waals surface area contributed by atoms with Gasteiger partial charge in [0.15, 0.2) is 0 Å². The van der Waals surface area contributed by atoms with Gasteiger partial charge >= 0.3 is 0 Å². The first-order valence-corrected chi connectivity index (χ1v) is 14.1. The van der Waals surface area contributed by atoms with E-state index in [4.69, 9.17) is 14.7 Å². The molecule has 0 aromatic carbocycles. The number of thiophene rings is 1. The first-order chi connectivity index (χ1) is 19.1. The van der Waals surface area contributed by atoms with Gasteiger partial charge in [0, 0.05) is 31.9 Å². The lowest BCUT2D eigenvalue weighted by Crippen LogP contribution is -2.20. The van der Waals surface area contributed by atoms with E-state index in [1.54, 1.807) is 17.5 Å². The summed E-state index contributed by atoms with van der Waals surface area (Å²) in [5, 5.41) is 8.49. The van der Waals surface area contributed by atoms with Gasteiger partial charge in [0.2, 0.25) is 0 Å². The molecule has 0 radical (unpaired) electrons. The maximum absolute atomic E-state index is 13.1. The molecular weight excluding hydrogens is 510 g/mol. The number of carbonyl (C=O) groups is 1. The predicted molar refractivity (Wildman–Crippen MR) is 153 cm³/mol. The highest BCUT2D eigenvalue weighted by molar-refractivity contribution is 7.17. The zero-order chi connectivity index (χ0) is 26.5. The van der Waals surface area contributed by atoms with Crippen molar-refractivity contribution < 1.29 is 9.53 Å². The summed E-state index contributed by atoms with van der Waals surface area (Å²) >= 11 is 1.69. The molecule has 0 spiro atoms. The second kappa shape index (κ2) is 9.71. The van der Waals surface area contributed by atoms with E-state index in [1.165, 1.54) is 10.3 Å². The van der Waals surface area contributed by atoms with Crippen LogP contribution in [0.25, 0.3) is 27.3 Å². The minimum Gasteiger partial charge on any atom is -0.381 e. The summed E-state index contributed by atoms with van der Waals surface area (Å²) in [5.41, 5.74) is 8.03. The van der Waals surface area contributed by atoms with E-state index in [0.29, 0.717) is 29.5 Å². The summed E-state index contributed by atoms with van der Waals surface area (Å²) in [6.07, 6.45) is 5.60. The fourth-order valence-electron chi connectivity index (χ4n) is 5.76. The number of nitrogens with one attached hydrogen (secondary N) is 2. The number of carbonyl (C=O) groups excluding carboxylic acids is 1. The van der Waals surface area contributed by atoms with E-state index in [-0.39, 0.29) is 5.91 Å². The molecule has 5 aromatic rings. The van der Waals surface area contributed by atoms with Crippen LogP contribution >= 0.6 is 11.3 Å². The van der Waals surface area contributed by atoms with Crippen LogP contribution in [-0.2, 0) is 17.8 Å². The average Bonchev–Trinajstić information content (AvgIpc) is 3.68. The Bertz CT molecular complexity index is 1720. The van der Waals surface area contributed by atoms with Crippen LogP contribution in [0.4, 0.5) is 11.5 Å². The van der Waals surface area contributed by atoms with Crippen molar-refractivity contribution in [3.63, 3.8) is 0 Å². The molecule has 1 fully saturated rings. The van der Waals surface area contributed by atoms with Crippen molar-refractivity contribution in [2.24, 2.45) is 0 Å². The molecule has 1 saturated heterocycles. The summed E-state index contributed by atoms with van der Waals surface area (Å²) in [5.74, 6) is 1.04. The fourth-order valence-corrected chi connectivity index (χ4v) is 6.53. The van der Waals surface area contributed by atoms with Gasteiger partial charge in [-0.3, -0.25) is 14.2 Å². The normalized spacial score (nSPS) is 15.8. The molecule has 7 heterocycles. The van der Waals surface area contributed by atoms with Crippen LogP contribution in [0, 0.1) is 0 Å². The van der Waals surface area contributed by atoms with E-state index < -0.39 is 0 Å². The Morgan fingerprint density at radius 3 is 2.85 bits per heavy atom. The molecule has 9 nitrogen and oxygen atoms in total. The van der Waals surface area contributed by atoms with Gasteiger partial charge in [0.05, 0.1) is 50.9 Å². The van der Waals surface area contributed by atoms with E-state index in [2.05, 4.69) is 62.6 Å². The van der Waals surface area contributed by atoms with Gasteiger partial charge in [-0.25, -0.2) is 9.97 Å². The van der Waals surface area contributed by atoms with E-state index in [0.717, 1.165) is 66.4 Å². The van der Waals surface area contributed by atoms with Crippen molar-refractivity contribution in [1.82, 2.24) is 29.6 Å².